The highest BCUT2D eigenvalue weighted by Gasteiger charge is 2.69. The molecule has 0 bridgehead atoms. The number of carbonyl (C=O) groups is 1. The van der Waals surface area contributed by atoms with Crippen LogP contribution in [0.1, 0.15) is 45.1 Å². The largest absolute Gasteiger partial charge is 0.465 e. The van der Waals surface area contributed by atoms with Crippen LogP contribution >= 0.6 is 0 Å². The standard InChI is InChI=1S/C18H22O3/c1-3-21-16(19)17-10-7-11-18(17,20)15(12-17)13(2)14-8-5-4-6-9-14/h4-6,8-9,20H,3,7,10-12H2,1-2H3/b15-13-. The number of aliphatic hydroxyl groups is 1. The molecule has 0 amide bonds. The average Bonchev–Trinajstić information content (AvgIpc) is 2.74. The Bertz CT molecular complexity index is 590. The molecule has 0 saturated heterocycles. The predicted molar refractivity (Wildman–Crippen MR) is 81.5 cm³/mol. The van der Waals surface area contributed by atoms with E-state index in [1.807, 2.05) is 44.2 Å². The van der Waals surface area contributed by atoms with Crippen LogP contribution < -0.4 is 0 Å². The van der Waals surface area contributed by atoms with Crippen LogP contribution in [0.3, 0.4) is 0 Å². The molecule has 0 heterocycles. The van der Waals surface area contributed by atoms with E-state index in [2.05, 4.69) is 0 Å². The van der Waals surface area contributed by atoms with Gasteiger partial charge in [0.25, 0.3) is 0 Å². The molecule has 1 N–H and O–H groups in total. The van der Waals surface area contributed by atoms with Crippen LogP contribution in [-0.2, 0) is 9.53 Å². The summed E-state index contributed by atoms with van der Waals surface area (Å²) >= 11 is 0. The minimum absolute atomic E-state index is 0.227. The van der Waals surface area contributed by atoms with Crippen molar-refractivity contribution in [1.29, 1.82) is 0 Å². The number of hydrogen-bond acceptors (Lipinski definition) is 3. The Morgan fingerprint density at radius 1 is 1.29 bits per heavy atom. The topological polar surface area (TPSA) is 46.5 Å². The first-order valence-electron chi connectivity index (χ1n) is 7.70. The third kappa shape index (κ3) is 1.87. The molecular formula is C18H22O3. The van der Waals surface area contributed by atoms with E-state index in [1.54, 1.807) is 0 Å². The molecule has 2 aliphatic carbocycles. The molecule has 2 atom stereocenters. The lowest BCUT2D eigenvalue weighted by molar-refractivity contribution is -0.178. The van der Waals surface area contributed by atoms with Crippen LogP contribution in [0.5, 0.6) is 0 Å². The summed E-state index contributed by atoms with van der Waals surface area (Å²) in [7, 11) is 0. The Morgan fingerprint density at radius 3 is 2.67 bits per heavy atom. The van der Waals surface area contributed by atoms with Gasteiger partial charge in [-0.2, -0.15) is 0 Å². The third-order valence-corrected chi connectivity index (χ3v) is 5.24. The van der Waals surface area contributed by atoms with Crippen molar-refractivity contribution in [2.45, 2.75) is 45.1 Å². The van der Waals surface area contributed by atoms with Gasteiger partial charge in [0.1, 0.15) is 11.0 Å². The zero-order chi connectivity index (χ0) is 15.1. The molecule has 2 unspecified atom stereocenters. The molecule has 0 radical (unpaired) electrons. The molecule has 0 aliphatic heterocycles. The van der Waals surface area contributed by atoms with E-state index in [9.17, 15) is 9.90 Å². The van der Waals surface area contributed by atoms with Gasteiger partial charge in [-0.15, -0.1) is 0 Å². The molecular weight excluding hydrogens is 264 g/mol. The SMILES string of the molecule is CCOC(=O)C12CCCC1(O)/C(=C(/C)c1ccccc1)C2. The monoisotopic (exact) mass is 286 g/mol. The van der Waals surface area contributed by atoms with Gasteiger partial charge in [0.05, 0.1) is 6.61 Å². The lowest BCUT2D eigenvalue weighted by Gasteiger charge is -2.53. The third-order valence-electron chi connectivity index (χ3n) is 5.24. The summed E-state index contributed by atoms with van der Waals surface area (Å²) in [6.45, 7) is 4.22. The normalized spacial score (nSPS) is 33.1. The van der Waals surface area contributed by atoms with E-state index in [4.69, 9.17) is 4.74 Å². The minimum Gasteiger partial charge on any atom is -0.465 e. The van der Waals surface area contributed by atoms with Crippen molar-refractivity contribution >= 4 is 11.5 Å². The quantitative estimate of drug-likeness (QED) is 0.867. The molecule has 0 aromatic heterocycles. The van der Waals surface area contributed by atoms with Gasteiger partial charge in [0.2, 0.25) is 0 Å². The van der Waals surface area contributed by atoms with E-state index in [-0.39, 0.29) is 5.97 Å². The Labute approximate surface area is 125 Å². The van der Waals surface area contributed by atoms with Gasteiger partial charge in [-0.1, -0.05) is 30.3 Å². The summed E-state index contributed by atoms with van der Waals surface area (Å²) < 4.78 is 5.23. The van der Waals surface area contributed by atoms with Gasteiger partial charge >= 0.3 is 5.97 Å². The van der Waals surface area contributed by atoms with Crippen LogP contribution in [0.15, 0.2) is 35.9 Å². The number of carbonyl (C=O) groups excluding carboxylic acids is 1. The van der Waals surface area contributed by atoms with Gasteiger partial charge in [0.15, 0.2) is 0 Å². The van der Waals surface area contributed by atoms with Crippen molar-refractivity contribution < 1.29 is 14.6 Å². The van der Waals surface area contributed by atoms with E-state index in [1.165, 1.54) is 0 Å². The Balaban J connectivity index is 1.98. The van der Waals surface area contributed by atoms with Crippen molar-refractivity contribution in [3.63, 3.8) is 0 Å². The van der Waals surface area contributed by atoms with Gasteiger partial charge in [-0.05, 0) is 56.2 Å². The van der Waals surface area contributed by atoms with Gasteiger partial charge in [-0.3, -0.25) is 4.79 Å². The molecule has 2 saturated carbocycles. The second-order valence-electron chi connectivity index (χ2n) is 6.16. The molecule has 112 valence electrons. The molecule has 21 heavy (non-hydrogen) atoms. The summed E-state index contributed by atoms with van der Waals surface area (Å²) in [6.07, 6.45) is 2.89. The van der Waals surface area contributed by atoms with Crippen LogP contribution in [0.4, 0.5) is 0 Å². The summed E-state index contributed by atoms with van der Waals surface area (Å²) in [4.78, 5) is 12.3. The van der Waals surface area contributed by atoms with Crippen molar-refractivity contribution in [2.75, 3.05) is 6.61 Å². The number of esters is 1. The summed E-state index contributed by atoms with van der Waals surface area (Å²) in [5.74, 6) is -0.227. The zero-order valence-electron chi connectivity index (χ0n) is 12.7. The Hall–Kier alpha value is -1.61. The molecule has 2 aliphatic rings. The lowest BCUT2D eigenvalue weighted by Crippen LogP contribution is -2.60. The summed E-state index contributed by atoms with van der Waals surface area (Å²) in [5, 5.41) is 11.1. The van der Waals surface area contributed by atoms with Crippen molar-refractivity contribution in [3.8, 4) is 0 Å². The summed E-state index contributed by atoms with van der Waals surface area (Å²) in [5.41, 5.74) is 1.53. The lowest BCUT2D eigenvalue weighted by atomic mass is 9.54. The smallest absolute Gasteiger partial charge is 0.315 e. The Kier molecular flexibility index (Phi) is 3.40. The minimum atomic E-state index is -1.00. The predicted octanol–water partition coefficient (Wildman–Crippen LogP) is 3.33. The van der Waals surface area contributed by atoms with Crippen molar-refractivity contribution in [2.24, 2.45) is 5.41 Å². The van der Waals surface area contributed by atoms with Gasteiger partial charge in [0, 0.05) is 0 Å². The first-order chi connectivity index (χ1) is 10.0. The van der Waals surface area contributed by atoms with Crippen molar-refractivity contribution in [1.82, 2.24) is 0 Å². The van der Waals surface area contributed by atoms with Gasteiger partial charge < -0.3 is 9.84 Å². The van der Waals surface area contributed by atoms with Crippen LogP contribution in [0, 0.1) is 5.41 Å². The fourth-order valence-electron chi connectivity index (χ4n) is 4.03. The number of ether oxygens (including phenoxy) is 1. The number of allylic oxidation sites excluding steroid dienone is 1. The average molecular weight is 286 g/mol. The maximum Gasteiger partial charge on any atom is 0.315 e. The fourth-order valence-corrected chi connectivity index (χ4v) is 4.03. The fraction of sp³-hybridized carbons (Fsp3) is 0.500. The molecule has 3 rings (SSSR count). The van der Waals surface area contributed by atoms with E-state index >= 15 is 0 Å². The number of rotatable bonds is 3. The first-order valence-corrected chi connectivity index (χ1v) is 7.70. The Morgan fingerprint density at radius 2 is 2.00 bits per heavy atom. The van der Waals surface area contributed by atoms with Crippen LogP contribution in [0.25, 0.3) is 5.57 Å². The van der Waals surface area contributed by atoms with E-state index < -0.39 is 11.0 Å². The summed E-state index contributed by atoms with van der Waals surface area (Å²) in [6, 6.07) is 10.1. The highest BCUT2D eigenvalue weighted by atomic mass is 16.5. The van der Waals surface area contributed by atoms with E-state index in [0.717, 1.165) is 29.6 Å². The van der Waals surface area contributed by atoms with Crippen LogP contribution in [-0.4, -0.2) is 23.3 Å². The van der Waals surface area contributed by atoms with Crippen LogP contribution in [0.2, 0.25) is 0 Å². The molecule has 1 aromatic rings. The van der Waals surface area contributed by atoms with Crippen molar-refractivity contribution in [3.05, 3.63) is 41.5 Å². The maximum atomic E-state index is 12.3. The maximum absolute atomic E-state index is 12.3. The molecule has 3 heteroatoms. The zero-order valence-corrected chi connectivity index (χ0v) is 12.7. The first kappa shape index (κ1) is 14.3. The highest BCUT2D eigenvalue weighted by Crippen LogP contribution is 2.65. The molecule has 2 fully saturated rings. The van der Waals surface area contributed by atoms with E-state index in [0.29, 0.717) is 19.4 Å². The number of fused-ring (bicyclic) bond motifs is 1. The second kappa shape index (κ2) is 4.99. The second-order valence-corrected chi connectivity index (χ2v) is 6.16. The molecule has 1 aromatic carbocycles. The molecule has 0 spiro atoms. The molecule has 3 nitrogen and oxygen atoms in total. The number of benzene rings is 1. The number of hydrogen-bond donors (Lipinski definition) is 1. The highest BCUT2D eigenvalue weighted by molar-refractivity contribution is 5.86. The van der Waals surface area contributed by atoms with Gasteiger partial charge in [-0.25, -0.2) is 0 Å².